The molecule has 1 aliphatic rings. The molecule has 0 spiro atoms. The van der Waals surface area contributed by atoms with Gasteiger partial charge in [-0.15, -0.1) is 10.2 Å². The lowest BCUT2D eigenvalue weighted by atomic mass is 10.2. The Labute approximate surface area is 118 Å². The molecule has 3 heterocycles. The van der Waals surface area contributed by atoms with Crippen molar-refractivity contribution in [3.05, 3.63) is 36.0 Å². The van der Waals surface area contributed by atoms with E-state index < -0.39 is 0 Å². The molecule has 2 aromatic heterocycles. The van der Waals surface area contributed by atoms with E-state index in [1.165, 1.54) is 5.56 Å². The molecule has 0 aromatic carbocycles. The fourth-order valence-electron chi connectivity index (χ4n) is 2.43. The van der Waals surface area contributed by atoms with Crippen molar-refractivity contribution in [3.8, 4) is 0 Å². The smallest absolute Gasteiger partial charge is 0.147 e. The van der Waals surface area contributed by atoms with Crippen molar-refractivity contribution in [2.45, 2.75) is 33.0 Å². The number of rotatable bonds is 5. The maximum atomic E-state index is 4.34. The number of anilines is 1. The number of fused-ring (bicyclic) bond motifs is 1. The van der Waals surface area contributed by atoms with Gasteiger partial charge in [-0.3, -0.25) is 4.90 Å². The van der Waals surface area contributed by atoms with E-state index in [4.69, 9.17) is 0 Å². The maximum Gasteiger partial charge on any atom is 0.147 e. The van der Waals surface area contributed by atoms with Gasteiger partial charge in [0.15, 0.2) is 0 Å². The summed E-state index contributed by atoms with van der Waals surface area (Å²) in [6.45, 7) is 6.90. The van der Waals surface area contributed by atoms with Crippen LogP contribution in [0.3, 0.4) is 0 Å². The van der Waals surface area contributed by atoms with Gasteiger partial charge in [-0.2, -0.15) is 0 Å². The van der Waals surface area contributed by atoms with E-state index in [1.807, 2.05) is 12.5 Å². The molecule has 0 saturated carbocycles. The minimum absolute atomic E-state index is 0.861. The fourth-order valence-corrected chi connectivity index (χ4v) is 2.43. The van der Waals surface area contributed by atoms with Gasteiger partial charge in [0.25, 0.3) is 0 Å². The number of nitrogens with one attached hydrogen (secondary N) is 1. The molecule has 0 radical (unpaired) electrons. The number of pyridine rings is 1. The van der Waals surface area contributed by atoms with Crippen molar-refractivity contribution in [2.75, 3.05) is 18.4 Å². The van der Waals surface area contributed by atoms with E-state index in [-0.39, 0.29) is 0 Å². The van der Waals surface area contributed by atoms with E-state index in [0.717, 1.165) is 50.8 Å². The lowest BCUT2D eigenvalue weighted by Gasteiger charge is -2.26. The summed E-state index contributed by atoms with van der Waals surface area (Å²) < 4.78 is 2.12. The Morgan fingerprint density at radius 3 is 3.20 bits per heavy atom. The van der Waals surface area contributed by atoms with Crippen molar-refractivity contribution in [2.24, 2.45) is 0 Å². The van der Waals surface area contributed by atoms with Crippen molar-refractivity contribution in [3.63, 3.8) is 0 Å². The van der Waals surface area contributed by atoms with Crippen LogP contribution in [0.5, 0.6) is 0 Å². The first-order valence-electron chi connectivity index (χ1n) is 7.13. The molecular formula is C14H20N6. The molecule has 0 atom stereocenters. The summed E-state index contributed by atoms with van der Waals surface area (Å²) in [6.07, 6.45) is 4.79. The summed E-state index contributed by atoms with van der Waals surface area (Å²) in [5.41, 5.74) is 1.28. The normalized spacial score (nSPS) is 15.1. The van der Waals surface area contributed by atoms with Gasteiger partial charge in [-0.25, -0.2) is 4.98 Å². The minimum atomic E-state index is 0.861. The molecule has 0 bridgehead atoms. The number of hydrogen-bond acceptors (Lipinski definition) is 5. The first-order valence-corrected chi connectivity index (χ1v) is 7.13. The molecule has 106 valence electrons. The van der Waals surface area contributed by atoms with Crippen molar-refractivity contribution in [1.29, 1.82) is 0 Å². The van der Waals surface area contributed by atoms with Crippen LogP contribution in [0.2, 0.25) is 0 Å². The predicted molar refractivity (Wildman–Crippen MR) is 77.2 cm³/mol. The second-order valence-electron chi connectivity index (χ2n) is 5.13. The third-order valence-electron chi connectivity index (χ3n) is 3.50. The molecule has 3 rings (SSSR count). The second-order valence-corrected chi connectivity index (χ2v) is 5.13. The Morgan fingerprint density at radius 1 is 1.35 bits per heavy atom. The van der Waals surface area contributed by atoms with E-state index >= 15 is 0 Å². The molecule has 1 N–H and O–H groups in total. The molecule has 0 fully saturated rings. The Bertz CT molecular complexity index is 564. The van der Waals surface area contributed by atoms with Crippen LogP contribution in [-0.2, 0) is 19.6 Å². The molecule has 2 aromatic rings. The fraction of sp³-hybridized carbons (Fsp3) is 0.500. The van der Waals surface area contributed by atoms with Crippen LogP contribution in [0, 0.1) is 0 Å². The van der Waals surface area contributed by atoms with Gasteiger partial charge < -0.3 is 9.88 Å². The zero-order valence-electron chi connectivity index (χ0n) is 11.8. The highest BCUT2D eigenvalue weighted by Gasteiger charge is 2.17. The van der Waals surface area contributed by atoms with E-state index in [9.17, 15) is 0 Å². The van der Waals surface area contributed by atoms with E-state index in [2.05, 4.69) is 49.0 Å². The average molecular weight is 272 g/mol. The van der Waals surface area contributed by atoms with E-state index in [1.54, 1.807) is 0 Å². The SMILES string of the molecule is CCCNc1cc(CN2CCn3cnnc3C2)ccn1. The third-order valence-corrected chi connectivity index (χ3v) is 3.50. The largest absolute Gasteiger partial charge is 0.370 e. The van der Waals surface area contributed by atoms with Crippen LogP contribution < -0.4 is 5.32 Å². The standard InChI is InChI=1S/C14H20N6/c1-2-4-15-13-8-12(3-5-16-13)9-19-6-7-20-11-17-18-14(20)10-19/h3,5,8,11H,2,4,6-7,9-10H2,1H3,(H,15,16). The van der Waals surface area contributed by atoms with Crippen LogP contribution in [-0.4, -0.2) is 37.7 Å². The predicted octanol–water partition coefficient (Wildman–Crippen LogP) is 1.51. The van der Waals surface area contributed by atoms with Crippen molar-refractivity contribution >= 4 is 5.82 Å². The molecule has 6 heteroatoms. The molecule has 0 aliphatic carbocycles. The van der Waals surface area contributed by atoms with Crippen molar-refractivity contribution < 1.29 is 0 Å². The van der Waals surface area contributed by atoms with Gasteiger partial charge in [-0.05, 0) is 24.1 Å². The van der Waals surface area contributed by atoms with Gasteiger partial charge in [0.2, 0.25) is 0 Å². The molecule has 0 amide bonds. The lowest BCUT2D eigenvalue weighted by Crippen LogP contribution is -2.33. The maximum absolute atomic E-state index is 4.34. The molecule has 6 nitrogen and oxygen atoms in total. The Hall–Kier alpha value is -1.95. The minimum Gasteiger partial charge on any atom is -0.370 e. The second kappa shape index (κ2) is 6.00. The molecular weight excluding hydrogens is 252 g/mol. The van der Waals surface area contributed by atoms with Gasteiger partial charge in [0, 0.05) is 32.4 Å². The zero-order valence-corrected chi connectivity index (χ0v) is 11.8. The van der Waals surface area contributed by atoms with Crippen LogP contribution in [0.25, 0.3) is 0 Å². The Kier molecular flexibility index (Phi) is 3.92. The number of aromatic nitrogens is 4. The Balaban J connectivity index is 1.63. The third kappa shape index (κ3) is 2.96. The summed E-state index contributed by atoms with van der Waals surface area (Å²) in [7, 11) is 0. The van der Waals surface area contributed by atoms with Gasteiger partial charge in [0.1, 0.15) is 18.0 Å². The van der Waals surface area contributed by atoms with Crippen LogP contribution in [0.15, 0.2) is 24.7 Å². The van der Waals surface area contributed by atoms with Gasteiger partial charge in [0.05, 0.1) is 6.54 Å². The quantitative estimate of drug-likeness (QED) is 0.894. The monoisotopic (exact) mass is 272 g/mol. The summed E-state index contributed by atoms with van der Waals surface area (Å²) in [6, 6.07) is 4.21. The molecule has 0 unspecified atom stereocenters. The lowest BCUT2D eigenvalue weighted by molar-refractivity contribution is 0.209. The first kappa shape index (κ1) is 13.1. The van der Waals surface area contributed by atoms with Crippen LogP contribution in [0.4, 0.5) is 5.82 Å². The summed E-state index contributed by atoms with van der Waals surface area (Å²) in [5, 5.41) is 11.4. The van der Waals surface area contributed by atoms with Crippen LogP contribution in [0.1, 0.15) is 24.7 Å². The highest BCUT2D eigenvalue weighted by atomic mass is 15.3. The first-order chi connectivity index (χ1) is 9.85. The molecule has 1 aliphatic heterocycles. The average Bonchev–Trinajstić information content (AvgIpc) is 2.93. The molecule has 20 heavy (non-hydrogen) atoms. The zero-order chi connectivity index (χ0) is 13.8. The summed E-state index contributed by atoms with van der Waals surface area (Å²) >= 11 is 0. The highest BCUT2D eigenvalue weighted by molar-refractivity contribution is 5.37. The topological polar surface area (TPSA) is 58.9 Å². The van der Waals surface area contributed by atoms with Gasteiger partial charge in [-0.1, -0.05) is 6.92 Å². The number of hydrogen-bond donors (Lipinski definition) is 1. The van der Waals surface area contributed by atoms with Crippen LogP contribution >= 0.6 is 0 Å². The highest BCUT2D eigenvalue weighted by Crippen LogP contribution is 2.14. The summed E-state index contributed by atoms with van der Waals surface area (Å²) in [4.78, 5) is 6.73. The summed E-state index contributed by atoms with van der Waals surface area (Å²) in [5.74, 6) is 2.01. The number of nitrogens with zero attached hydrogens (tertiary/aromatic N) is 5. The van der Waals surface area contributed by atoms with Crippen molar-refractivity contribution in [1.82, 2.24) is 24.6 Å². The Morgan fingerprint density at radius 2 is 2.30 bits per heavy atom. The van der Waals surface area contributed by atoms with Gasteiger partial charge >= 0.3 is 0 Å². The molecule has 0 saturated heterocycles. The van der Waals surface area contributed by atoms with E-state index in [0.29, 0.717) is 0 Å².